The van der Waals surface area contributed by atoms with Crippen molar-refractivity contribution in [2.75, 3.05) is 32.5 Å². The molecule has 100 valence electrons. The molecule has 0 aromatic rings. The Labute approximate surface area is 102 Å². The molecule has 7 heteroatoms. The maximum Gasteiger partial charge on any atom is 0.409 e. The van der Waals surface area contributed by atoms with E-state index in [1.165, 1.54) is 0 Å². The predicted molar refractivity (Wildman–Crippen MR) is 64.2 cm³/mol. The number of sulfonamides is 1. The van der Waals surface area contributed by atoms with E-state index in [9.17, 15) is 13.2 Å². The van der Waals surface area contributed by atoms with Crippen LogP contribution in [0, 0.1) is 5.92 Å². The fraction of sp³-hybridized carbons (Fsp3) is 0.900. The van der Waals surface area contributed by atoms with Crippen LogP contribution in [0.3, 0.4) is 0 Å². The molecule has 1 fully saturated rings. The summed E-state index contributed by atoms with van der Waals surface area (Å²) in [7, 11) is -3.16. The average molecular weight is 264 g/mol. The van der Waals surface area contributed by atoms with Crippen molar-refractivity contribution in [1.82, 2.24) is 9.62 Å². The third-order valence-corrected chi connectivity index (χ3v) is 3.37. The first-order chi connectivity index (χ1) is 7.92. The number of hydrogen-bond donors (Lipinski definition) is 1. The Morgan fingerprint density at radius 2 is 2.24 bits per heavy atom. The standard InChI is InChI=1S/C10H20N2O4S/c1-3-16-10(13)12-6-4-5-9(8-12)7-11-17(2,14)15/h9,11H,3-8H2,1-2H3. The molecule has 1 N–H and O–H groups in total. The molecule has 0 aromatic heterocycles. The number of nitrogens with zero attached hydrogens (tertiary/aromatic N) is 1. The van der Waals surface area contributed by atoms with E-state index in [-0.39, 0.29) is 12.0 Å². The summed E-state index contributed by atoms with van der Waals surface area (Å²) in [4.78, 5) is 13.2. The molecule has 0 radical (unpaired) electrons. The molecule has 0 aromatic carbocycles. The lowest BCUT2D eigenvalue weighted by atomic mass is 9.99. The monoisotopic (exact) mass is 264 g/mol. The molecule has 1 heterocycles. The number of carbonyl (C=O) groups is 1. The number of ether oxygens (including phenoxy) is 1. The lowest BCUT2D eigenvalue weighted by Gasteiger charge is -2.31. The van der Waals surface area contributed by atoms with Crippen molar-refractivity contribution in [3.8, 4) is 0 Å². The van der Waals surface area contributed by atoms with Crippen LogP contribution in [0.1, 0.15) is 19.8 Å². The van der Waals surface area contributed by atoms with Gasteiger partial charge in [0.15, 0.2) is 0 Å². The minimum Gasteiger partial charge on any atom is -0.450 e. The van der Waals surface area contributed by atoms with Crippen LogP contribution in [0.4, 0.5) is 4.79 Å². The van der Waals surface area contributed by atoms with Gasteiger partial charge in [-0.1, -0.05) is 0 Å². The number of piperidine rings is 1. The van der Waals surface area contributed by atoms with Gasteiger partial charge in [0.25, 0.3) is 0 Å². The first kappa shape index (κ1) is 14.2. The Balaban J connectivity index is 2.41. The molecular weight excluding hydrogens is 244 g/mol. The summed E-state index contributed by atoms with van der Waals surface area (Å²) in [5.74, 6) is 0.169. The van der Waals surface area contributed by atoms with Crippen LogP contribution in [0.15, 0.2) is 0 Å². The van der Waals surface area contributed by atoms with Gasteiger partial charge in [-0.05, 0) is 25.7 Å². The summed E-state index contributed by atoms with van der Waals surface area (Å²) >= 11 is 0. The van der Waals surface area contributed by atoms with Gasteiger partial charge >= 0.3 is 6.09 Å². The fourth-order valence-corrected chi connectivity index (χ4v) is 2.42. The topological polar surface area (TPSA) is 75.7 Å². The molecular formula is C10H20N2O4S. The zero-order chi connectivity index (χ0) is 12.9. The molecule has 6 nitrogen and oxygen atoms in total. The van der Waals surface area contributed by atoms with Crippen molar-refractivity contribution in [1.29, 1.82) is 0 Å². The molecule has 0 aliphatic carbocycles. The van der Waals surface area contributed by atoms with Crippen LogP contribution >= 0.6 is 0 Å². The summed E-state index contributed by atoms with van der Waals surface area (Å²) in [5, 5.41) is 0. The Kier molecular flexibility index (Phi) is 5.20. The molecule has 1 saturated heterocycles. The molecule has 1 unspecified atom stereocenters. The van der Waals surface area contributed by atoms with Crippen molar-refractivity contribution in [3.05, 3.63) is 0 Å². The number of nitrogens with one attached hydrogen (secondary N) is 1. The summed E-state index contributed by atoms with van der Waals surface area (Å²) in [5.41, 5.74) is 0. The van der Waals surface area contributed by atoms with Crippen molar-refractivity contribution in [2.24, 2.45) is 5.92 Å². The van der Waals surface area contributed by atoms with E-state index in [2.05, 4.69) is 4.72 Å². The number of carbonyl (C=O) groups excluding carboxylic acids is 1. The molecule has 0 bridgehead atoms. The third-order valence-electron chi connectivity index (χ3n) is 2.68. The first-order valence-electron chi connectivity index (χ1n) is 5.78. The third kappa shape index (κ3) is 5.36. The van der Waals surface area contributed by atoms with Crippen molar-refractivity contribution < 1.29 is 17.9 Å². The Hall–Kier alpha value is -0.820. The van der Waals surface area contributed by atoms with E-state index in [0.29, 0.717) is 26.2 Å². The quantitative estimate of drug-likeness (QED) is 0.797. The van der Waals surface area contributed by atoms with E-state index in [1.54, 1.807) is 11.8 Å². The van der Waals surface area contributed by atoms with Gasteiger partial charge in [-0.2, -0.15) is 0 Å². The Morgan fingerprint density at radius 3 is 2.82 bits per heavy atom. The Bertz CT molecular complexity index is 355. The van der Waals surface area contributed by atoms with E-state index >= 15 is 0 Å². The highest BCUT2D eigenvalue weighted by atomic mass is 32.2. The second-order valence-electron chi connectivity index (χ2n) is 4.27. The molecule has 1 aliphatic heterocycles. The van der Waals surface area contributed by atoms with Gasteiger partial charge in [-0.3, -0.25) is 0 Å². The summed E-state index contributed by atoms with van der Waals surface area (Å²) in [6.07, 6.45) is 2.64. The van der Waals surface area contributed by atoms with Gasteiger partial charge < -0.3 is 9.64 Å². The van der Waals surface area contributed by atoms with Crippen molar-refractivity contribution in [3.63, 3.8) is 0 Å². The smallest absolute Gasteiger partial charge is 0.409 e. The summed E-state index contributed by atoms with van der Waals surface area (Å²) in [6, 6.07) is 0. The zero-order valence-corrected chi connectivity index (χ0v) is 11.1. The molecule has 1 aliphatic rings. The molecule has 1 atom stereocenters. The highest BCUT2D eigenvalue weighted by Crippen LogP contribution is 2.16. The number of hydrogen-bond acceptors (Lipinski definition) is 4. The second kappa shape index (κ2) is 6.20. The van der Waals surface area contributed by atoms with Gasteiger partial charge in [0.1, 0.15) is 0 Å². The van der Waals surface area contributed by atoms with E-state index in [4.69, 9.17) is 4.74 Å². The maximum atomic E-state index is 11.5. The maximum absolute atomic E-state index is 11.5. The highest BCUT2D eigenvalue weighted by molar-refractivity contribution is 7.88. The van der Waals surface area contributed by atoms with Gasteiger partial charge in [0.05, 0.1) is 12.9 Å². The zero-order valence-electron chi connectivity index (χ0n) is 10.3. The first-order valence-corrected chi connectivity index (χ1v) is 7.68. The summed E-state index contributed by atoms with van der Waals surface area (Å²) < 4.78 is 29.4. The number of rotatable bonds is 4. The van der Waals surface area contributed by atoms with E-state index in [0.717, 1.165) is 19.1 Å². The second-order valence-corrected chi connectivity index (χ2v) is 6.11. The lowest BCUT2D eigenvalue weighted by Crippen LogP contribution is -2.43. The van der Waals surface area contributed by atoms with Crippen LogP contribution < -0.4 is 4.72 Å². The van der Waals surface area contributed by atoms with E-state index < -0.39 is 10.0 Å². The average Bonchev–Trinajstić information content (AvgIpc) is 2.26. The molecule has 17 heavy (non-hydrogen) atoms. The predicted octanol–water partition coefficient (Wildman–Crippen LogP) is 0.404. The van der Waals surface area contributed by atoms with Crippen LogP contribution in [0.2, 0.25) is 0 Å². The van der Waals surface area contributed by atoms with Gasteiger partial charge in [0.2, 0.25) is 10.0 Å². The van der Waals surface area contributed by atoms with E-state index in [1.807, 2.05) is 0 Å². The molecule has 0 spiro atoms. The van der Waals surface area contributed by atoms with Crippen molar-refractivity contribution in [2.45, 2.75) is 19.8 Å². The van der Waals surface area contributed by atoms with Crippen LogP contribution in [0.25, 0.3) is 0 Å². The van der Waals surface area contributed by atoms with Gasteiger partial charge in [0, 0.05) is 19.6 Å². The highest BCUT2D eigenvalue weighted by Gasteiger charge is 2.24. The molecule has 1 amide bonds. The SMILES string of the molecule is CCOC(=O)N1CCCC(CNS(C)(=O)=O)C1. The van der Waals surface area contributed by atoms with Gasteiger partial charge in [-0.15, -0.1) is 0 Å². The molecule has 0 saturated carbocycles. The number of amides is 1. The minimum atomic E-state index is -3.16. The van der Waals surface area contributed by atoms with Crippen LogP contribution in [0.5, 0.6) is 0 Å². The van der Waals surface area contributed by atoms with Crippen molar-refractivity contribution >= 4 is 16.1 Å². The normalized spacial score (nSPS) is 21.3. The fourth-order valence-electron chi connectivity index (χ4n) is 1.88. The Morgan fingerprint density at radius 1 is 1.53 bits per heavy atom. The minimum absolute atomic E-state index is 0.169. The number of likely N-dealkylation sites (tertiary alicyclic amines) is 1. The van der Waals surface area contributed by atoms with Crippen LogP contribution in [-0.2, 0) is 14.8 Å². The lowest BCUT2D eigenvalue weighted by molar-refractivity contribution is 0.0889. The molecule has 1 rings (SSSR count). The van der Waals surface area contributed by atoms with Gasteiger partial charge in [-0.25, -0.2) is 17.9 Å². The largest absolute Gasteiger partial charge is 0.450 e. The summed E-state index contributed by atoms with van der Waals surface area (Å²) in [6.45, 7) is 3.76. The van der Waals surface area contributed by atoms with Crippen LogP contribution in [-0.4, -0.2) is 51.9 Å².